The molecule has 3 N–H and O–H groups in total. The molecule has 1 aromatic rings. The molecule has 0 saturated carbocycles. The predicted octanol–water partition coefficient (Wildman–Crippen LogP) is 4.18. The third-order valence-electron chi connectivity index (χ3n) is 2.40. The maximum Gasteiger partial charge on any atom is 0.193 e. The van der Waals surface area contributed by atoms with E-state index in [4.69, 9.17) is 5.73 Å². The normalized spacial score (nSPS) is 11.9. The van der Waals surface area contributed by atoms with Gasteiger partial charge in [0.25, 0.3) is 0 Å². The molecule has 5 heteroatoms. The smallest absolute Gasteiger partial charge is 0.193 e. The molecule has 0 heterocycles. The second-order valence-corrected chi connectivity index (χ2v) is 7.65. The Hall–Kier alpha value is -0.430. The van der Waals surface area contributed by atoms with E-state index in [0.29, 0.717) is 5.96 Å². The number of anilines is 1. The van der Waals surface area contributed by atoms with Crippen LogP contribution in [0.4, 0.5) is 5.69 Å². The molecule has 0 saturated heterocycles. The SMILES string of the molecule is Cc1cc(C)cc(NC(N)=NCCSC(C)(C)C)c1.I. The molecule has 0 bridgehead atoms. The van der Waals surface area contributed by atoms with E-state index >= 15 is 0 Å². The lowest BCUT2D eigenvalue weighted by Gasteiger charge is -2.16. The number of benzene rings is 1. The number of nitrogens with zero attached hydrogens (tertiary/aromatic N) is 1. The van der Waals surface area contributed by atoms with Gasteiger partial charge in [-0.15, -0.1) is 24.0 Å². The van der Waals surface area contributed by atoms with Crippen molar-refractivity contribution in [3.63, 3.8) is 0 Å². The quantitative estimate of drug-likeness (QED) is 0.341. The zero-order valence-corrected chi connectivity index (χ0v) is 16.1. The summed E-state index contributed by atoms with van der Waals surface area (Å²) >= 11 is 1.90. The van der Waals surface area contributed by atoms with Gasteiger partial charge in [-0.1, -0.05) is 26.8 Å². The number of hydrogen-bond acceptors (Lipinski definition) is 2. The van der Waals surface area contributed by atoms with Crippen LogP contribution in [0.5, 0.6) is 0 Å². The Labute approximate surface area is 144 Å². The van der Waals surface area contributed by atoms with Gasteiger partial charge in [0.2, 0.25) is 0 Å². The molecule has 1 aromatic carbocycles. The van der Waals surface area contributed by atoms with E-state index in [1.54, 1.807) is 0 Å². The summed E-state index contributed by atoms with van der Waals surface area (Å²) in [6.07, 6.45) is 0. The fourth-order valence-electron chi connectivity index (χ4n) is 1.75. The number of nitrogens with two attached hydrogens (primary N) is 1. The molecular formula is C15H26IN3S. The van der Waals surface area contributed by atoms with Crippen molar-refractivity contribution in [3.8, 4) is 0 Å². The first kappa shape index (κ1) is 19.6. The van der Waals surface area contributed by atoms with Crippen molar-refractivity contribution >= 4 is 47.4 Å². The standard InChI is InChI=1S/C15H25N3S.HI/c1-11-8-12(2)10-13(9-11)18-14(16)17-6-7-19-15(3,4)5;/h8-10H,6-7H2,1-5H3,(H3,16,17,18);1H. The van der Waals surface area contributed by atoms with Crippen molar-refractivity contribution in [1.82, 2.24) is 0 Å². The molecule has 0 aromatic heterocycles. The molecule has 0 aliphatic heterocycles. The predicted molar refractivity (Wildman–Crippen MR) is 104 cm³/mol. The Morgan fingerprint density at radius 3 is 2.25 bits per heavy atom. The number of hydrogen-bond donors (Lipinski definition) is 2. The van der Waals surface area contributed by atoms with E-state index in [0.717, 1.165) is 18.0 Å². The Kier molecular flexibility index (Phi) is 8.58. The maximum absolute atomic E-state index is 5.89. The molecule has 0 unspecified atom stereocenters. The van der Waals surface area contributed by atoms with Crippen molar-refractivity contribution in [2.45, 2.75) is 39.4 Å². The molecule has 0 fully saturated rings. The number of aryl methyl sites for hydroxylation is 2. The molecule has 20 heavy (non-hydrogen) atoms. The first-order chi connectivity index (χ1) is 8.76. The Morgan fingerprint density at radius 2 is 1.75 bits per heavy atom. The maximum atomic E-state index is 5.89. The summed E-state index contributed by atoms with van der Waals surface area (Å²) in [5, 5.41) is 3.14. The van der Waals surface area contributed by atoms with Crippen LogP contribution in [0.3, 0.4) is 0 Å². The van der Waals surface area contributed by atoms with E-state index in [1.165, 1.54) is 11.1 Å². The van der Waals surface area contributed by atoms with Crippen molar-refractivity contribution in [3.05, 3.63) is 29.3 Å². The monoisotopic (exact) mass is 407 g/mol. The molecule has 0 spiro atoms. The van der Waals surface area contributed by atoms with Crippen molar-refractivity contribution < 1.29 is 0 Å². The largest absolute Gasteiger partial charge is 0.370 e. The van der Waals surface area contributed by atoms with E-state index in [1.807, 2.05) is 11.8 Å². The molecule has 0 atom stereocenters. The van der Waals surface area contributed by atoms with Crippen LogP contribution < -0.4 is 11.1 Å². The third-order valence-corrected chi connectivity index (χ3v) is 3.66. The van der Waals surface area contributed by atoms with Crippen LogP contribution in [0.15, 0.2) is 23.2 Å². The summed E-state index contributed by atoms with van der Waals surface area (Å²) in [5.74, 6) is 1.47. The van der Waals surface area contributed by atoms with Crippen LogP contribution in [-0.2, 0) is 0 Å². The van der Waals surface area contributed by atoms with Crippen LogP contribution in [-0.4, -0.2) is 23.0 Å². The van der Waals surface area contributed by atoms with Gasteiger partial charge in [0.1, 0.15) is 0 Å². The van der Waals surface area contributed by atoms with Crippen LogP contribution in [0.1, 0.15) is 31.9 Å². The van der Waals surface area contributed by atoms with Gasteiger partial charge >= 0.3 is 0 Å². The van der Waals surface area contributed by atoms with Crippen LogP contribution >= 0.6 is 35.7 Å². The number of halogens is 1. The zero-order valence-electron chi connectivity index (χ0n) is 13.0. The summed E-state index contributed by atoms with van der Waals surface area (Å²) in [6.45, 7) is 11.5. The minimum atomic E-state index is 0. The zero-order chi connectivity index (χ0) is 14.5. The van der Waals surface area contributed by atoms with Gasteiger partial charge in [-0.3, -0.25) is 4.99 Å². The summed E-state index contributed by atoms with van der Waals surface area (Å²) in [7, 11) is 0. The van der Waals surface area contributed by atoms with Crippen LogP contribution in [0, 0.1) is 13.8 Å². The van der Waals surface area contributed by atoms with Crippen LogP contribution in [0.2, 0.25) is 0 Å². The molecule has 0 amide bonds. The highest BCUT2D eigenvalue weighted by Gasteiger charge is 2.09. The molecule has 1 rings (SSSR count). The Bertz CT molecular complexity index is 433. The molecule has 114 valence electrons. The third kappa shape index (κ3) is 8.68. The van der Waals surface area contributed by atoms with Gasteiger partial charge in [0.05, 0.1) is 6.54 Å². The van der Waals surface area contributed by atoms with E-state index in [9.17, 15) is 0 Å². The highest BCUT2D eigenvalue weighted by molar-refractivity contribution is 14.0. The fourth-order valence-corrected chi connectivity index (χ4v) is 2.55. The van der Waals surface area contributed by atoms with Gasteiger partial charge in [0, 0.05) is 16.2 Å². The van der Waals surface area contributed by atoms with Gasteiger partial charge in [-0.05, 0) is 37.1 Å². The summed E-state index contributed by atoms with van der Waals surface area (Å²) in [4.78, 5) is 4.34. The lowest BCUT2D eigenvalue weighted by Crippen LogP contribution is -2.23. The summed E-state index contributed by atoms with van der Waals surface area (Å²) in [5.41, 5.74) is 9.33. The van der Waals surface area contributed by atoms with Gasteiger partial charge in [-0.25, -0.2) is 0 Å². The average molecular weight is 407 g/mol. The van der Waals surface area contributed by atoms with Crippen LogP contribution in [0.25, 0.3) is 0 Å². The molecule has 3 nitrogen and oxygen atoms in total. The van der Waals surface area contributed by atoms with E-state index < -0.39 is 0 Å². The first-order valence-electron chi connectivity index (χ1n) is 6.55. The number of thioether (sulfide) groups is 1. The number of guanidine groups is 1. The Balaban J connectivity index is 0.00000361. The second kappa shape index (κ2) is 8.77. The topological polar surface area (TPSA) is 50.4 Å². The highest BCUT2D eigenvalue weighted by atomic mass is 127. The highest BCUT2D eigenvalue weighted by Crippen LogP contribution is 2.22. The number of rotatable bonds is 4. The lowest BCUT2D eigenvalue weighted by atomic mass is 10.1. The fraction of sp³-hybridized carbons (Fsp3) is 0.533. The van der Waals surface area contributed by atoms with Gasteiger partial charge in [-0.2, -0.15) is 11.8 Å². The minimum absolute atomic E-state index is 0. The molecule has 0 radical (unpaired) electrons. The van der Waals surface area contributed by atoms with E-state index in [-0.39, 0.29) is 28.7 Å². The second-order valence-electron chi connectivity index (χ2n) is 5.73. The van der Waals surface area contributed by atoms with Crippen molar-refractivity contribution in [1.29, 1.82) is 0 Å². The summed E-state index contributed by atoms with van der Waals surface area (Å²) in [6, 6.07) is 6.27. The van der Waals surface area contributed by atoms with E-state index in [2.05, 4.69) is 63.1 Å². The Morgan fingerprint density at radius 1 is 1.20 bits per heavy atom. The molecule has 0 aliphatic carbocycles. The molecular weight excluding hydrogens is 381 g/mol. The summed E-state index contributed by atoms with van der Waals surface area (Å²) < 4.78 is 0.283. The first-order valence-corrected chi connectivity index (χ1v) is 7.54. The average Bonchev–Trinajstić information content (AvgIpc) is 2.21. The van der Waals surface area contributed by atoms with Gasteiger partial charge < -0.3 is 11.1 Å². The van der Waals surface area contributed by atoms with Gasteiger partial charge in [0.15, 0.2) is 5.96 Å². The lowest BCUT2D eigenvalue weighted by molar-refractivity contribution is 0.802. The van der Waals surface area contributed by atoms with Crippen molar-refractivity contribution in [2.24, 2.45) is 10.7 Å². The van der Waals surface area contributed by atoms with Crippen molar-refractivity contribution in [2.75, 3.05) is 17.6 Å². The molecule has 0 aliphatic rings. The minimum Gasteiger partial charge on any atom is -0.370 e. The number of aliphatic imine (C=N–C) groups is 1. The number of nitrogens with one attached hydrogen (secondary N) is 1.